The van der Waals surface area contributed by atoms with E-state index >= 15 is 0 Å². The van der Waals surface area contributed by atoms with Gasteiger partial charge in [-0.3, -0.25) is 10.1 Å². The van der Waals surface area contributed by atoms with Crippen LogP contribution in [-0.2, 0) is 0 Å². The molecule has 5 nitrogen and oxygen atoms in total. The number of hydrogen-bond acceptors (Lipinski definition) is 4. The summed E-state index contributed by atoms with van der Waals surface area (Å²) in [5.41, 5.74) is 0.613. The lowest BCUT2D eigenvalue weighted by atomic mass is 10.2. The molecular weight excluding hydrogens is 232 g/mol. The van der Waals surface area contributed by atoms with Crippen LogP contribution in [0, 0.1) is 10.1 Å². The number of benzene rings is 1. The quantitative estimate of drug-likeness (QED) is 0.436. The number of nitro benzene ring substituents is 1. The first kappa shape index (κ1) is 14.3. The van der Waals surface area contributed by atoms with Crippen molar-refractivity contribution in [3.63, 3.8) is 0 Å². The van der Waals surface area contributed by atoms with E-state index in [2.05, 4.69) is 12.2 Å². The van der Waals surface area contributed by atoms with Gasteiger partial charge in [0.25, 0.3) is 5.69 Å². The van der Waals surface area contributed by atoms with Gasteiger partial charge in [-0.25, -0.2) is 0 Å². The first-order valence-electron chi connectivity index (χ1n) is 6.25. The molecule has 0 aliphatic heterocycles. The average molecular weight is 252 g/mol. The standard InChI is InChI=1S/C13H20N2O3/c1-3-4-5-6-9-14-12-8-7-11(18-2)10-13(12)15(16)17/h7-8,10,14H,3-6,9H2,1-2H3. The second-order valence-electron chi connectivity index (χ2n) is 4.13. The Kier molecular flexibility index (Phi) is 5.97. The Morgan fingerprint density at radius 1 is 1.33 bits per heavy atom. The smallest absolute Gasteiger partial charge is 0.296 e. The van der Waals surface area contributed by atoms with Crippen molar-refractivity contribution in [2.24, 2.45) is 0 Å². The molecule has 0 aromatic heterocycles. The van der Waals surface area contributed by atoms with E-state index in [0.29, 0.717) is 11.4 Å². The van der Waals surface area contributed by atoms with Crippen molar-refractivity contribution in [2.75, 3.05) is 19.0 Å². The van der Waals surface area contributed by atoms with Crippen molar-refractivity contribution in [3.8, 4) is 5.75 Å². The summed E-state index contributed by atoms with van der Waals surface area (Å²) in [5, 5.41) is 14.0. The van der Waals surface area contributed by atoms with Gasteiger partial charge in [0.2, 0.25) is 0 Å². The largest absolute Gasteiger partial charge is 0.496 e. The van der Waals surface area contributed by atoms with Crippen LogP contribution in [-0.4, -0.2) is 18.6 Å². The van der Waals surface area contributed by atoms with Gasteiger partial charge in [0.15, 0.2) is 0 Å². The predicted molar refractivity (Wildman–Crippen MR) is 72.3 cm³/mol. The summed E-state index contributed by atoms with van der Waals surface area (Å²) < 4.78 is 4.99. The highest BCUT2D eigenvalue weighted by molar-refractivity contribution is 5.63. The minimum atomic E-state index is -0.392. The Labute approximate surface area is 107 Å². The fourth-order valence-electron chi connectivity index (χ4n) is 1.71. The lowest BCUT2D eigenvalue weighted by molar-refractivity contribution is -0.384. The van der Waals surface area contributed by atoms with E-state index in [-0.39, 0.29) is 5.69 Å². The number of hydrogen-bond donors (Lipinski definition) is 1. The second kappa shape index (κ2) is 7.53. The maximum absolute atomic E-state index is 10.9. The third kappa shape index (κ3) is 4.24. The van der Waals surface area contributed by atoms with Gasteiger partial charge < -0.3 is 10.1 Å². The van der Waals surface area contributed by atoms with Crippen molar-refractivity contribution < 1.29 is 9.66 Å². The van der Waals surface area contributed by atoms with Crippen molar-refractivity contribution in [1.82, 2.24) is 0 Å². The molecule has 1 aromatic rings. The summed E-state index contributed by atoms with van der Waals surface area (Å²) >= 11 is 0. The molecule has 0 saturated heterocycles. The molecule has 1 aromatic carbocycles. The molecule has 18 heavy (non-hydrogen) atoms. The van der Waals surface area contributed by atoms with Crippen LogP contribution in [0.3, 0.4) is 0 Å². The van der Waals surface area contributed by atoms with Gasteiger partial charge in [-0.05, 0) is 18.6 Å². The van der Waals surface area contributed by atoms with Crippen LogP contribution in [0.25, 0.3) is 0 Å². The molecule has 0 atom stereocenters. The Morgan fingerprint density at radius 3 is 2.72 bits per heavy atom. The zero-order valence-corrected chi connectivity index (χ0v) is 10.9. The summed E-state index contributed by atoms with van der Waals surface area (Å²) in [6, 6.07) is 4.85. The number of nitrogens with one attached hydrogen (secondary N) is 1. The van der Waals surface area contributed by atoms with Crippen LogP contribution in [0.5, 0.6) is 5.75 Å². The normalized spacial score (nSPS) is 10.1. The van der Waals surface area contributed by atoms with Gasteiger partial charge in [0.05, 0.1) is 18.1 Å². The minimum Gasteiger partial charge on any atom is -0.496 e. The van der Waals surface area contributed by atoms with E-state index in [0.717, 1.165) is 19.4 Å². The molecule has 0 spiro atoms. The van der Waals surface area contributed by atoms with E-state index in [4.69, 9.17) is 4.74 Å². The lowest BCUT2D eigenvalue weighted by Gasteiger charge is -2.08. The minimum absolute atomic E-state index is 0.0600. The summed E-state index contributed by atoms with van der Waals surface area (Å²) in [6.07, 6.45) is 4.56. The SMILES string of the molecule is CCCCCCNc1ccc(OC)cc1[N+](=O)[O-]. The first-order valence-corrected chi connectivity index (χ1v) is 6.25. The molecule has 0 aliphatic rings. The molecule has 0 bridgehead atoms. The topological polar surface area (TPSA) is 64.4 Å². The molecule has 0 fully saturated rings. The Hall–Kier alpha value is -1.78. The van der Waals surface area contributed by atoms with Crippen molar-refractivity contribution in [3.05, 3.63) is 28.3 Å². The number of nitrogens with zero attached hydrogens (tertiary/aromatic N) is 1. The third-order valence-corrected chi connectivity index (χ3v) is 2.75. The maximum Gasteiger partial charge on any atom is 0.296 e. The monoisotopic (exact) mass is 252 g/mol. The Balaban J connectivity index is 2.61. The van der Waals surface area contributed by atoms with E-state index in [9.17, 15) is 10.1 Å². The fraction of sp³-hybridized carbons (Fsp3) is 0.538. The third-order valence-electron chi connectivity index (χ3n) is 2.75. The molecule has 0 heterocycles. The number of anilines is 1. The number of unbranched alkanes of at least 4 members (excludes halogenated alkanes) is 3. The average Bonchev–Trinajstić information content (AvgIpc) is 2.38. The molecule has 0 unspecified atom stereocenters. The summed E-state index contributed by atoms with van der Waals surface area (Å²) in [7, 11) is 1.50. The van der Waals surface area contributed by atoms with Gasteiger partial charge in [-0.1, -0.05) is 26.2 Å². The Morgan fingerprint density at radius 2 is 2.11 bits per heavy atom. The number of methoxy groups -OCH3 is 1. The molecule has 0 radical (unpaired) electrons. The highest BCUT2D eigenvalue weighted by Crippen LogP contribution is 2.28. The highest BCUT2D eigenvalue weighted by Gasteiger charge is 2.14. The van der Waals surface area contributed by atoms with E-state index in [1.807, 2.05) is 0 Å². The van der Waals surface area contributed by atoms with Crippen molar-refractivity contribution in [2.45, 2.75) is 32.6 Å². The van der Waals surface area contributed by atoms with E-state index in [1.165, 1.54) is 26.0 Å². The molecule has 0 aliphatic carbocycles. The van der Waals surface area contributed by atoms with Gasteiger partial charge in [-0.2, -0.15) is 0 Å². The van der Waals surface area contributed by atoms with Crippen molar-refractivity contribution in [1.29, 1.82) is 0 Å². The summed E-state index contributed by atoms with van der Waals surface area (Å²) in [4.78, 5) is 10.5. The molecule has 5 heteroatoms. The zero-order valence-electron chi connectivity index (χ0n) is 10.9. The number of ether oxygens (including phenoxy) is 1. The van der Waals surface area contributed by atoms with Gasteiger partial charge in [-0.15, -0.1) is 0 Å². The van der Waals surface area contributed by atoms with Crippen LogP contribution < -0.4 is 10.1 Å². The van der Waals surface area contributed by atoms with Gasteiger partial charge >= 0.3 is 0 Å². The maximum atomic E-state index is 10.9. The second-order valence-corrected chi connectivity index (χ2v) is 4.13. The summed E-state index contributed by atoms with van der Waals surface area (Å²) in [5.74, 6) is 0.498. The molecule has 1 N–H and O–H groups in total. The van der Waals surface area contributed by atoms with Crippen molar-refractivity contribution >= 4 is 11.4 Å². The van der Waals surface area contributed by atoms with Crippen LogP contribution >= 0.6 is 0 Å². The van der Waals surface area contributed by atoms with Gasteiger partial charge in [0.1, 0.15) is 11.4 Å². The molecular formula is C13H20N2O3. The molecule has 0 amide bonds. The van der Waals surface area contributed by atoms with Crippen LogP contribution in [0.4, 0.5) is 11.4 Å². The number of rotatable bonds is 8. The zero-order chi connectivity index (χ0) is 13.4. The van der Waals surface area contributed by atoms with Crippen LogP contribution in [0.1, 0.15) is 32.6 Å². The Bertz CT molecular complexity index is 394. The summed E-state index contributed by atoms with van der Waals surface area (Å²) in [6.45, 7) is 2.91. The highest BCUT2D eigenvalue weighted by atomic mass is 16.6. The molecule has 1 rings (SSSR count). The fourth-order valence-corrected chi connectivity index (χ4v) is 1.71. The lowest BCUT2D eigenvalue weighted by Crippen LogP contribution is -2.04. The van der Waals surface area contributed by atoms with E-state index in [1.54, 1.807) is 12.1 Å². The molecule has 0 saturated carbocycles. The first-order chi connectivity index (χ1) is 8.69. The molecule has 100 valence electrons. The number of nitro groups is 1. The van der Waals surface area contributed by atoms with Crippen LogP contribution in [0.2, 0.25) is 0 Å². The van der Waals surface area contributed by atoms with E-state index < -0.39 is 4.92 Å². The van der Waals surface area contributed by atoms with Crippen LogP contribution in [0.15, 0.2) is 18.2 Å². The predicted octanol–water partition coefficient (Wildman–Crippen LogP) is 3.60. The van der Waals surface area contributed by atoms with Gasteiger partial charge in [0, 0.05) is 6.54 Å².